The van der Waals surface area contributed by atoms with E-state index in [0.29, 0.717) is 18.7 Å². The van der Waals surface area contributed by atoms with E-state index in [1.807, 2.05) is 24.3 Å². The molecule has 1 atom stereocenters. The van der Waals surface area contributed by atoms with Crippen molar-refractivity contribution in [3.8, 4) is 0 Å². The van der Waals surface area contributed by atoms with Crippen molar-refractivity contribution in [2.24, 2.45) is 0 Å². The fourth-order valence-electron chi connectivity index (χ4n) is 2.53. The molecule has 0 spiro atoms. The predicted molar refractivity (Wildman–Crippen MR) is 85.3 cm³/mol. The third-order valence-electron chi connectivity index (χ3n) is 3.65. The zero-order valence-corrected chi connectivity index (χ0v) is 13.1. The number of halogens is 1. The molecule has 1 aliphatic heterocycles. The Morgan fingerprint density at radius 3 is 2.76 bits per heavy atom. The highest BCUT2D eigenvalue weighted by atomic mass is 79.9. The van der Waals surface area contributed by atoms with Crippen LogP contribution in [0, 0.1) is 0 Å². The summed E-state index contributed by atoms with van der Waals surface area (Å²) in [6.45, 7) is 1.20. The lowest BCUT2D eigenvalue weighted by Crippen LogP contribution is -2.31. The van der Waals surface area contributed by atoms with Crippen molar-refractivity contribution in [2.75, 3.05) is 13.2 Å². The third-order valence-corrected chi connectivity index (χ3v) is 4.18. The highest BCUT2D eigenvalue weighted by Gasteiger charge is 2.21. The molecule has 0 unspecified atom stereocenters. The Morgan fingerprint density at radius 2 is 1.95 bits per heavy atom. The van der Waals surface area contributed by atoms with Gasteiger partial charge >= 0.3 is 0 Å². The molecule has 0 saturated carbocycles. The summed E-state index contributed by atoms with van der Waals surface area (Å²) in [6, 6.07) is 15.6. The molecule has 2 aromatic carbocycles. The van der Waals surface area contributed by atoms with Gasteiger partial charge in [-0.25, -0.2) is 0 Å². The second-order valence-electron chi connectivity index (χ2n) is 5.03. The van der Waals surface area contributed by atoms with Gasteiger partial charge in [0.25, 0.3) is 5.91 Å². The molecule has 1 amide bonds. The summed E-state index contributed by atoms with van der Waals surface area (Å²) in [4.78, 5) is 12.1. The zero-order valence-electron chi connectivity index (χ0n) is 11.5. The first kappa shape index (κ1) is 14.3. The zero-order chi connectivity index (χ0) is 14.7. The molecule has 3 nitrogen and oxygen atoms in total. The van der Waals surface area contributed by atoms with E-state index in [1.54, 1.807) is 12.1 Å². The average molecular weight is 346 g/mol. The number of rotatable bonds is 3. The van der Waals surface area contributed by atoms with E-state index in [9.17, 15) is 4.79 Å². The smallest absolute Gasteiger partial charge is 0.251 e. The highest BCUT2D eigenvalue weighted by Crippen LogP contribution is 2.26. The maximum atomic E-state index is 12.1. The van der Waals surface area contributed by atoms with Crippen LogP contribution >= 0.6 is 15.9 Å². The topological polar surface area (TPSA) is 38.3 Å². The molecule has 0 aliphatic carbocycles. The van der Waals surface area contributed by atoms with Crippen LogP contribution in [0.3, 0.4) is 0 Å². The second kappa shape index (κ2) is 6.41. The minimum Gasteiger partial charge on any atom is -0.371 e. The molecule has 1 N–H and O–H groups in total. The van der Waals surface area contributed by atoms with E-state index in [4.69, 9.17) is 4.74 Å². The molecular formula is C17H16BrNO2. The fourth-order valence-corrected chi connectivity index (χ4v) is 2.80. The molecule has 2 aromatic rings. The van der Waals surface area contributed by atoms with Crippen LogP contribution in [0.4, 0.5) is 0 Å². The molecule has 1 heterocycles. The Morgan fingerprint density at radius 1 is 1.19 bits per heavy atom. The van der Waals surface area contributed by atoms with Crippen LogP contribution < -0.4 is 5.32 Å². The monoisotopic (exact) mass is 345 g/mol. The van der Waals surface area contributed by atoms with Gasteiger partial charge in [-0.05, 0) is 41.8 Å². The molecule has 0 radical (unpaired) electrons. The van der Waals surface area contributed by atoms with Crippen molar-refractivity contribution in [1.82, 2.24) is 5.32 Å². The van der Waals surface area contributed by atoms with Crippen LogP contribution in [0.2, 0.25) is 0 Å². The molecule has 3 rings (SSSR count). The summed E-state index contributed by atoms with van der Waals surface area (Å²) < 4.78 is 6.75. The first-order chi connectivity index (χ1) is 10.2. The van der Waals surface area contributed by atoms with Crippen LogP contribution in [0.25, 0.3) is 0 Å². The standard InChI is InChI=1S/C17H16BrNO2/c18-14-7-5-13(6-8-14)17(20)19-11-16-15-4-2-1-3-12(15)9-10-21-16/h1-8,16H,9-11H2,(H,19,20)/t16-/m1/s1. The number of carbonyl (C=O) groups is 1. The van der Waals surface area contributed by atoms with Crippen LogP contribution in [0.15, 0.2) is 53.0 Å². The van der Waals surface area contributed by atoms with Gasteiger partial charge in [-0.3, -0.25) is 4.79 Å². The van der Waals surface area contributed by atoms with Gasteiger partial charge in [0.2, 0.25) is 0 Å². The number of hydrogen-bond acceptors (Lipinski definition) is 2. The largest absolute Gasteiger partial charge is 0.371 e. The van der Waals surface area contributed by atoms with Gasteiger partial charge in [0.15, 0.2) is 0 Å². The summed E-state index contributed by atoms with van der Waals surface area (Å²) in [7, 11) is 0. The van der Waals surface area contributed by atoms with E-state index < -0.39 is 0 Å². The summed E-state index contributed by atoms with van der Waals surface area (Å²) in [5, 5.41) is 2.95. The van der Waals surface area contributed by atoms with Gasteiger partial charge in [-0.2, -0.15) is 0 Å². The van der Waals surface area contributed by atoms with Crippen LogP contribution in [0.5, 0.6) is 0 Å². The van der Waals surface area contributed by atoms with E-state index in [0.717, 1.165) is 10.9 Å². The minimum absolute atomic E-state index is 0.0608. The van der Waals surface area contributed by atoms with Gasteiger partial charge < -0.3 is 10.1 Å². The van der Waals surface area contributed by atoms with E-state index in [1.165, 1.54) is 11.1 Å². The van der Waals surface area contributed by atoms with E-state index >= 15 is 0 Å². The van der Waals surface area contributed by atoms with Gasteiger partial charge in [-0.1, -0.05) is 40.2 Å². The van der Waals surface area contributed by atoms with Crippen molar-refractivity contribution < 1.29 is 9.53 Å². The van der Waals surface area contributed by atoms with E-state index in [-0.39, 0.29) is 12.0 Å². The Kier molecular flexibility index (Phi) is 4.36. The van der Waals surface area contributed by atoms with Crippen LogP contribution in [-0.2, 0) is 11.2 Å². The summed E-state index contributed by atoms with van der Waals surface area (Å²) >= 11 is 3.36. The molecule has 4 heteroatoms. The normalized spacial score (nSPS) is 17.1. The lowest BCUT2D eigenvalue weighted by Gasteiger charge is -2.26. The van der Waals surface area contributed by atoms with Crippen LogP contribution in [0.1, 0.15) is 27.6 Å². The fraction of sp³-hybridized carbons (Fsp3) is 0.235. The number of hydrogen-bond donors (Lipinski definition) is 1. The Bertz CT molecular complexity index is 639. The summed E-state index contributed by atoms with van der Waals surface area (Å²) in [6.07, 6.45) is 0.877. The van der Waals surface area contributed by atoms with Gasteiger partial charge in [0.1, 0.15) is 6.10 Å². The number of fused-ring (bicyclic) bond motifs is 1. The van der Waals surface area contributed by atoms with Crippen molar-refractivity contribution in [1.29, 1.82) is 0 Å². The Balaban J connectivity index is 1.66. The lowest BCUT2D eigenvalue weighted by atomic mass is 9.97. The molecule has 0 bridgehead atoms. The maximum absolute atomic E-state index is 12.1. The van der Waals surface area contributed by atoms with Crippen molar-refractivity contribution in [3.05, 3.63) is 69.7 Å². The van der Waals surface area contributed by atoms with Crippen molar-refractivity contribution in [2.45, 2.75) is 12.5 Å². The molecular weight excluding hydrogens is 330 g/mol. The van der Waals surface area contributed by atoms with Gasteiger partial charge in [0, 0.05) is 16.6 Å². The number of benzene rings is 2. The third kappa shape index (κ3) is 3.34. The average Bonchev–Trinajstić information content (AvgIpc) is 2.53. The van der Waals surface area contributed by atoms with Crippen LogP contribution in [-0.4, -0.2) is 19.1 Å². The van der Waals surface area contributed by atoms with E-state index in [2.05, 4.69) is 33.4 Å². The van der Waals surface area contributed by atoms with Gasteiger partial charge in [-0.15, -0.1) is 0 Å². The van der Waals surface area contributed by atoms with Gasteiger partial charge in [0.05, 0.1) is 6.61 Å². The summed E-state index contributed by atoms with van der Waals surface area (Å²) in [5.41, 5.74) is 3.15. The lowest BCUT2D eigenvalue weighted by molar-refractivity contribution is 0.0411. The number of amides is 1. The molecule has 108 valence electrons. The summed E-state index contributed by atoms with van der Waals surface area (Å²) in [5.74, 6) is -0.0749. The Hall–Kier alpha value is -1.65. The number of nitrogens with one attached hydrogen (secondary N) is 1. The maximum Gasteiger partial charge on any atom is 0.251 e. The first-order valence-corrected chi connectivity index (χ1v) is 7.76. The minimum atomic E-state index is -0.0749. The van der Waals surface area contributed by atoms with Crippen molar-refractivity contribution in [3.63, 3.8) is 0 Å². The quantitative estimate of drug-likeness (QED) is 0.924. The first-order valence-electron chi connectivity index (χ1n) is 6.97. The highest BCUT2D eigenvalue weighted by molar-refractivity contribution is 9.10. The second-order valence-corrected chi connectivity index (χ2v) is 5.94. The molecule has 0 fully saturated rings. The molecule has 1 aliphatic rings. The number of ether oxygens (including phenoxy) is 1. The SMILES string of the molecule is O=C(NC[C@H]1OCCc2ccccc21)c1ccc(Br)cc1. The molecule has 21 heavy (non-hydrogen) atoms. The predicted octanol–water partition coefficient (Wildman–Crippen LogP) is 3.49. The molecule has 0 saturated heterocycles. The molecule has 0 aromatic heterocycles. The van der Waals surface area contributed by atoms with Crippen molar-refractivity contribution >= 4 is 21.8 Å². The Labute approximate surface area is 132 Å². The number of carbonyl (C=O) groups excluding carboxylic acids is 1.